The Balaban J connectivity index is 3.09. The minimum Gasteiger partial charge on any atom is -0.481 e. The van der Waals surface area contributed by atoms with Gasteiger partial charge < -0.3 is 10.2 Å². The average molecular weight is 228 g/mol. The van der Waals surface area contributed by atoms with Crippen LogP contribution in [0, 0.1) is 23.2 Å². The van der Waals surface area contributed by atoms with Crippen molar-refractivity contribution in [1.29, 1.82) is 0 Å². The molecule has 1 rings (SSSR count). The summed E-state index contributed by atoms with van der Waals surface area (Å²) in [7, 11) is 0. The number of carboxylic acids is 2. The molecule has 3 atom stereocenters. The molecule has 0 aliphatic heterocycles. The lowest BCUT2D eigenvalue weighted by atomic mass is 9.59. The van der Waals surface area contributed by atoms with E-state index >= 15 is 0 Å². The molecule has 0 heterocycles. The molecule has 2 N–H and O–H groups in total. The summed E-state index contributed by atoms with van der Waals surface area (Å²) in [6.07, 6.45) is 1.86. The van der Waals surface area contributed by atoms with E-state index in [1.54, 1.807) is 6.92 Å². The number of carbonyl (C=O) groups is 2. The summed E-state index contributed by atoms with van der Waals surface area (Å²) in [5.41, 5.74) is -0.893. The molecule has 0 spiro atoms. The number of hydrogen-bond acceptors (Lipinski definition) is 2. The first-order chi connectivity index (χ1) is 7.30. The second kappa shape index (κ2) is 4.44. The van der Waals surface area contributed by atoms with Crippen LogP contribution in [-0.4, -0.2) is 22.2 Å². The molecule has 0 aromatic heterocycles. The molecule has 0 aromatic rings. The Morgan fingerprint density at radius 3 is 2.25 bits per heavy atom. The Labute approximate surface area is 95.7 Å². The highest BCUT2D eigenvalue weighted by Gasteiger charge is 2.50. The minimum absolute atomic E-state index is 0.0718. The third-order valence-electron chi connectivity index (χ3n) is 3.90. The van der Waals surface area contributed by atoms with Crippen LogP contribution in [0.4, 0.5) is 0 Å². The Hall–Kier alpha value is -1.06. The summed E-state index contributed by atoms with van der Waals surface area (Å²) in [6.45, 7) is 5.51. The first-order valence-corrected chi connectivity index (χ1v) is 5.77. The second-order valence-electron chi connectivity index (χ2n) is 5.33. The van der Waals surface area contributed by atoms with Crippen LogP contribution >= 0.6 is 0 Å². The van der Waals surface area contributed by atoms with Gasteiger partial charge in [0.2, 0.25) is 0 Å². The van der Waals surface area contributed by atoms with E-state index in [1.807, 2.05) is 13.8 Å². The Kier molecular flexibility index (Phi) is 3.61. The molecule has 1 aliphatic rings. The summed E-state index contributed by atoms with van der Waals surface area (Å²) >= 11 is 0. The lowest BCUT2D eigenvalue weighted by Crippen LogP contribution is -2.47. The Bertz CT molecular complexity index is 297. The van der Waals surface area contributed by atoms with E-state index in [2.05, 4.69) is 0 Å². The predicted octanol–water partition coefficient (Wildman–Crippen LogP) is 2.23. The second-order valence-corrected chi connectivity index (χ2v) is 5.33. The average Bonchev–Trinajstić information content (AvgIpc) is 2.16. The van der Waals surface area contributed by atoms with Gasteiger partial charge in [0.1, 0.15) is 0 Å². The fourth-order valence-electron chi connectivity index (χ4n) is 3.21. The van der Waals surface area contributed by atoms with Gasteiger partial charge in [-0.3, -0.25) is 9.59 Å². The van der Waals surface area contributed by atoms with E-state index in [0.717, 1.165) is 0 Å². The first kappa shape index (κ1) is 13.0. The third-order valence-corrected chi connectivity index (χ3v) is 3.90. The lowest BCUT2D eigenvalue weighted by molar-refractivity contribution is -0.164. The highest BCUT2D eigenvalue weighted by atomic mass is 16.4. The van der Waals surface area contributed by atoms with Gasteiger partial charge in [-0.05, 0) is 31.6 Å². The molecule has 0 aromatic carbocycles. The van der Waals surface area contributed by atoms with Gasteiger partial charge in [-0.15, -0.1) is 0 Å². The minimum atomic E-state index is -0.893. The number of carboxylic acid groups (broad SMARTS) is 2. The molecular formula is C12H20O4. The highest BCUT2D eigenvalue weighted by Crippen LogP contribution is 2.48. The third kappa shape index (κ3) is 2.06. The van der Waals surface area contributed by atoms with Gasteiger partial charge in [0, 0.05) is 0 Å². The fraction of sp³-hybridized carbons (Fsp3) is 0.833. The Morgan fingerprint density at radius 1 is 1.31 bits per heavy atom. The summed E-state index contributed by atoms with van der Waals surface area (Å²) < 4.78 is 0. The van der Waals surface area contributed by atoms with Gasteiger partial charge in [-0.2, -0.15) is 0 Å². The molecule has 0 saturated heterocycles. The summed E-state index contributed by atoms with van der Waals surface area (Å²) in [6, 6.07) is 0. The molecular weight excluding hydrogens is 208 g/mol. The zero-order valence-electron chi connectivity index (χ0n) is 10.1. The van der Waals surface area contributed by atoms with Gasteiger partial charge in [-0.1, -0.05) is 20.3 Å². The van der Waals surface area contributed by atoms with Gasteiger partial charge in [0.25, 0.3) is 0 Å². The molecule has 0 radical (unpaired) electrons. The lowest BCUT2D eigenvalue weighted by Gasteiger charge is -2.44. The van der Waals surface area contributed by atoms with E-state index < -0.39 is 23.3 Å². The van der Waals surface area contributed by atoms with E-state index in [1.165, 1.54) is 0 Å². The van der Waals surface area contributed by atoms with Crippen molar-refractivity contribution >= 4 is 11.9 Å². The van der Waals surface area contributed by atoms with E-state index in [9.17, 15) is 19.8 Å². The molecule has 1 aliphatic carbocycles. The van der Waals surface area contributed by atoms with Crippen LogP contribution < -0.4 is 0 Å². The number of hydrogen-bond donors (Lipinski definition) is 2. The van der Waals surface area contributed by atoms with Crippen molar-refractivity contribution in [2.24, 2.45) is 23.2 Å². The maximum Gasteiger partial charge on any atom is 0.309 e. The smallest absolute Gasteiger partial charge is 0.309 e. The maximum atomic E-state index is 11.4. The van der Waals surface area contributed by atoms with Gasteiger partial charge in [-0.25, -0.2) is 0 Å². The molecule has 4 heteroatoms. The molecule has 1 saturated carbocycles. The van der Waals surface area contributed by atoms with Crippen LogP contribution in [0.1, 0.15) is 40.0 Å². The van der Waals surface area contributed by atoms with Gasteiger partial charge in [0.05, 0.1) is 11.3 Å². The van der Waals surface area contributed by atoms with Gasteiger partial charge >= 0.3 is 11.9 Å². The largest absolute Gasteiger partial charge is 0.481 e. The molecule has 4 nitrogen and oxygen atoms in total. The van der Waals surface area contributed by atoms with Crippen molar-refractivity contribution in [3.05, 3.63) is 0 Å². The topological polar surface area (TPSA) is 74.6 Å². The van der Waals surface area contributed by atoms with Crippen LogP contribution in [0.5, 0.6) is 0 Å². The van der Waals surface area contributed by atoms with Crippen LogP contribution in [0.25, 0.3) is 0 Å². The zero-order valence-corrected chi connectivity index (χ0v) is 10.1. The molecule has 3 unspecified atom stereocenters. The van der Waals surface area contributed by atoms with Gasteiger partial charge in [0.15, 0.2) is 0 Å². The van der Waals surface area contributed by atoms with Crippen LogP contribution in [0.15, 0.2) is 0 Å². The standard InChI is InChI=1S/C12H20O4/c1-7(2)9-8(10(13)14)5-4-6-12(9,3)11(15)16/h7-9H,4-6H2,1-3H3,(H,13,14)(H,15,16). The summed E-state index contributed by atoms with van der Waals surface area (Å²) in [5.74, 6) is -2.45. The predicted molar refractivity (Wildman–Crippen MR) is 59.0 cm³/mol. The van der Waals surface area contributed by atoms with Crippen molar-refractivity contribution in [2.75, 3.05) is 0 Å². The maximum absolute atomic E-state index is 11.4. The van der Waals surface area contributed by atoms with Crippen LogP contribution in [0.2, 0.25) is 0 Å². The SMILES string of the molecule is CC(C)C1C(C(=O)O)CCCC1(C)C(=O)O. The number of aliphatic carboxylic acids is 2. The zero-order chi connectivity index (χ0) is 12.5. The van der Waals surface area contributed by atoms with Crippen molar-refractivity contribution < 1.29 is 19.8 Å². The first-order valence-electron chi connectivity index (χ1n) is 5.77. The summed E-state index contributed by atoms with van der Waals surface area (Å²) in [4.78, 5) is 22.6. The van der Waals surface area contributed by atoms with Crippen molar-refractivity contribution in [3.63, 3.8) is 0 Å². The Morgan fingerprint density at radius 2 is 1.88 bits per heavy atom. The van der Waals surface area contributed by atoms with E-state index in [-0.39, 0.29) is 11.8 Å². The van der Waals surface area contributed by atoms with Crippen molar-refractivity contribution in [2.45, 2.75) is 40.0 Å². The monoisotopic (exact) mass is 228 g/mol. The normalized spacial score (nSPS) is 35.0. The quantitative estimate of drug-likeness (QED) is 0.776. The molecule has 92 valence electrons. The van der Waals surface area contributed by atoms with Crippen LogP contribution in [0.3, 0.4) is 0 Å². The fourth-order valence-corrected chi connectivity index (χ4v) is 3.21. The molecule has 16 heavy (non-hydrogen) atoms. The molecule has 0 bridgehead atoms. The number of rotatable bonds is 3. The molecule has 1 fully saturated rings. The molecule has 0 amide bonds. The van der Waals surface area contributed by atoms with Crippen molar-refractivity contribution in [1.82, 2.24) is 0 Å². The van der Waals surface area contributed by atoms with Crippen molar-refractivity contribution in [3.8, 4) is 0 Å². The van der Waals surface area contributed by atoms with E-state index in [4.69, 9.17) is 0 Å². The highest BCUT2D eigenvalue weighted by molar-refractivity contribution is 5.78. The van der Waals surface area contributed by atoms with E-state index in [0.29, 0.717) is 19.3 Å². The van der Waals surface area contributed by atoms with Crippen LogP contribution in [-0.2, 0) is 9.59 Å². The summed E-state index contributed by atoms with van der Waals surface area (Å²) in [5, 5.41) is 18.5.